The Morgan fingerprint density at radius 2 is 2.00 bits per heavy atom. The third-order valence-corrected chi connectivity index (χ3v) is 7.00. The quantitative estimate of drug-likeness (QED) is 0.649. The number of hydrogen-bond donors (Lipinski definition) is 3. The van der Waals surface area contributed by atoms with E-state index in [1.807, 2.05) is 0 Å². The molecule has 0 spiro atoms. The van der Waals surface area contributed by atoms with E-state index in [9.17, 15) is 13.2 Å². The van der Waals surface area contributed by atoms with Gasteiger partial charge in [0.05, 0.1) is 0 Å². The molecule has 8 nitrogen and oxygen atoms in total. The van der Waals surface area contributed by atoms with E-state index in [0.29, 0.717) is 25.3 Å². The summed E-state index contributed by atoms with van der Waals surface area (Å²) in [6.45, 7) is 3.49. The van der Waals surface area contributed by atoms with Crippen molar-refractivity contribution >= 4 is 15.9 Å². The van der Waals surface area contributed by atoms with Crippen LogP contribution in [0.3, 0.4) is 0 Å². The largest absolute Gasteiger partial charge is 0.360 e. The molecular formula is C16H26N4O4S. The van der Waals surface area contributed by atoms with Crippen LogP contribution in [0.1, 0.15) is 50.0 Å². The maximum Gasteiger partial charge on any atom is 0.246 e. The number of carbonyl (C=O) groups is 1. The Labute approximate surface area is 147 Å². The van der Waals surface area contributed by atoms with E-state index in [2.05, 4.69) is 15.2 Å². The molecule has 1 unspecified atom stereocenters. The summed E-state index contributed by atoms with van der Waals surface area (Å²) < 4.78 is 33.4. The van der Waals surface area contributed by atoms with Crippen molar-refractivity contribution in [1.29, 1.82) is 0 Å². The molecule has 3 rings (SSSR count). The number of nitrogens with zero attached hydrogens (tertiary/aromatic N) is 1. The van der Waals surface area contributed by atoms with Crippen molar-refractivity contribution in [2.75, 3.05) is 6.54 Å². The van der Waals surface area contributed by atoms with Crippen LogP contribution >= 0.6 is 0 Å². The van der Waals surface area contributed by atoms with Gasteiger partial charge < -0.3 is 15.6 Å². The number of aryl methyl sites for hydroxylation is 2. The fourth-order valence-corrected chi connectivity index (χ4v) is 5.45. The van der Waals surface area contributed by atoms with Crippen LogP contribution in [0.15, 0.2) is 9.42 Å². The Morgan fingerprint density at radius 1 is 1.36 bits per heavy atom. The van der Waals surface area contributed by atoms with Gasteiger partial charge in [0.15, 0.2) is 5.76 Å². The second-order valence-electron chi connectivity index (χ2n) is 7.20. The molecule has 1 heterocycles. The summed E-state index contributed by atoms with van der Waals surface area (Å²) in [6.07, 6.45) is 4.66. The minimum Gasteiger partial charge on any atom is -0.360 e. The lowest BCUT2D eigenvalue weighted by atomic mass is 9.97. The van der Waals surface area contributed by atoms with Crippen molar-refractivity contribution in [2.24, 2.45) is 11.7 Å². The van der Waals surface area contributed by atoms with Crippen LogP contribution in [-0.2, 0) is 14.8 Å². The van der Waals surface area contributed by atoms with E-state index in [1.165, 1.54) is 0 Å². The van der Waals surface area contributed by atoms with Crippen LogP contribution in [0.2, 0.25) is 0 Å². The molecule has 0 aromatic carbocycles. The number of nitrogens with one attached hydrogen (secondary N) is 2. The average Bonchev–Trinajstić information content (AvgIpc) is 3.18. The van der Waals surface area contributed by atoms with Crippen LogP contribution in [0, 0.1) is 19.8 Å². The fraction of sp³-hybridized carbons (Fsp3) is 0.750. The summed E-state index contributed by atoms with van der Waals surface area (Å²) in [7, 11) is -3.91. The first-order valence-corrected chi connectivity index (χ1v) is 10.3. The predicted octanol–water partition coefficient (Wildman–Crippen LogP) is 0.736. The van der Waals surface area contributed by atoms with Crippen molar-refractivity contribution < 1.29 is 17.7 Å². The van der Waals surface area contributed by atoms with Crippen LogP contribution in [0.4, 0.5) is 0 Å². The van der Waals surface area contributed by atoms with Gasteiger partial charge in [0.25, 0.3) is 0 Å². The number of amides is 1. The fourth-order valence-electron chi connectivity index (χ4n) is 3.69. The highest BCUT2D eigenvalue weighted by Crippen LogP contribution is 2.35. The van der Waals surface area contributed by atoms with E-state index >= 15 is 0 Å². The van der Waals surface area contributed by atoms with Gasteiger partial charge in [0.1, 0.15) is 16.1 Å². The first kappa shape index (κ1) is 18.3. The van der Waals surface area contributed by atoms with Gasteiger partial charge >= 0.3 is 0 Å². The normalized spacial score (nSPS) is 21.2. The van der Waals surface area contributed by atoms with Crippen molar-refractivity contribution in [2.45, 2.75) is 68.8 Å². The van der Waals surface area contributed by atoms with E-state index in [-0.39, 0.29) is 28.3 Å². The molecule has 0 aliphatic heterocycles. The van der Waals surface area contributed by atoms with Crippen molar-refractivity contribution in [3.63, 3.8) is 0 Å². The lowest BCUT2D eigenvalue weighted by Crippen LogP contribution is -2.59. The van der Waals surface area contributed by atoms with Crippen LogP contribution in [0.5, 0.6) is 0 Å². The van der Waals surface area contributed by atoms with Crippen molar-refractivity contribution in [1.82, 2.24) is 15.2 Å². The van der Waals surface area contributed by atoms with Gasteiger partial charge in [0.2, 0.25) is 15.9 Å². The SMILES string of the molecule is Cc1noc(C)c1S(=O)(=O)NC1(C(=O)NC(CN)C2CC2)CCCC1. The van der Waals surface area contributed by atoms with Gasteiger partial charge in [-0.1, -0.05) is 18.0 Å². The summed E-state index contributed by atoms with van der Waals surface area (Å²) in [4.78, 5) is 13.0. The van der Waals surface area contributed by atoms with Gasteiger partial charge in [-0.3, -0.25) is 4.79 Å². The van der Waals surface area contributed by atoms with Gasteiger partial charge in [-0.25, -0.2) is 8.42 Å². The highest BCUT2D eigenvalue weighted by atomic mass is 32.2. The molecule has 4 N–H and O–H groups in total. The summed E-state index contributed by atoms with van der Waals surface area (Å²) in [5.74, 6) is 0.352. The number of hydrogen-bond acceptors (Lipinski definition) is 6. The Kier molecular flexibility index (Phi) is 4.91. The zero-order valence-corrected chi connectivity index (χ0v) is 15.5. The number of sulfonamides is 1. The lowest BCUT2D eigenvalue weighted by Gasteiger charge is -2.30. The molecule has 0 saturated heterocycles. The molecule has 140 valence electrons. The summed E-state index contributed by atoms with van der Waals surface area (Å²) in [5, 5.41) is 6.69. The van der Waals surface area contributed by atoms with E-state index in [1.54, 1.807) is 13.8 Å². The Hall–Kier alpha value is -1.45. The minimum atomic E-state index is -3.91. The lowest BCUT2D eigenvalue weighted by molar-refractivity contribution is -0.127. The average molecular weight is 370 g/mol. The third-order valence-electron chi connectivity index (χ3n) is 5.22. The van der Waals surface area contributed by atoms with Gasteiger partial charge in [-0.05, 0) is 45.4 Å². The molecule has 2 aliphatic carbocycles. The standard InChI is InChI=1S/C16H26N4O4S/c1-10-14(11(2)24-19-10)25(22,23)20-16(7-3-4-8-16)15(21)18-13(9-17)12-5-6-12/h12-13,20H,3-9,17H2,1-2H3,(H,18,21). The van der Waals surface area contributed by atoms with Crippen LogP contribution < -0.4 is 15.8 Å². The second-order valence-corrected chi connectivity index (χ2v) is 8.82. The Morgan fingerprint density at radius 3 is 2.48 bits per heavy atom. The molecular weight excluding hydrogens is 344 g/mol. The maximum atomic E-state index is 13.0. The zero-order valence-electron chi connectivity index (χ0n) is 14.7. The summed E-state index contributed by atoms with van der Waals surface area (Å²) in [5.41, 5.74) is 4.93. The molecule has 0 radical (unpaired) electrons. The third kappa shape index (κ3) is 3.58. The molecule has 1 amide bonds. The molecule has 1 atom stereocenters. The molecule has 1 aromatic rings. The molecule has 0 bridgehead atoms. The highest BCUT2D eigenvalue weighted by molar-refractivity contribution is 7.89. The highest BCUT2D eigenvalue weighted by Gasteiger charge is 2.47. The Balaban J connectivity index is 1.84. The maximum absolute atomic E-state index is 13.0. The first-order valence-electron chi connectivity index (χ1n) is 8.77. The van der Waals surface area contributed by atoms with Crippen LogP contribution in [0.25, 0.3) is 0 Å². The molecule has 2 aliphatic rings. The predicted molar refractivity (Wildman–Crippen MR) is 91.2 cm³/mol. The number of carbonyl (C=O) groups excluding carboxylic acids is 1. The van der Waals surface area contributed by atoms with Gasteiger partial charge in [-0.15, -0.1) is 0 Å². The van der Waals surface area contributed by atoms with Crippen LogP contribution in [-0.4, -0.2) is 37.6 Å². The number of rotatable bonds is 7. The smallest absolute Gasteiger partial charge is 0.246 e. The monoisotopic (exact) mass is 370 g/mol. The van der Waals surface area contributed by atoms with Crippen molar-refractivity contribution in [3.8, 4) is 0 Å². The topological polar surface area (TPSA) is 127 Å². The number of aromatic nitrogens is 1. The summed E-state index contributed by atoms with van der Waals surface area (Å²) in [6, 6.07) is -0.0893. The van der Waals surface area contributed by atoms with E-state index in [4.69, 9.17) is 10.3 Å². The molecule has 2 saturated carbocycles. The first-order chi connectivity index (χ1) is 11.8. The zero-order chi connectivity index (χ0) is 18.2. The van der Waals surface area contributed by atoms with E-state index < -0.39 is 15.6 Å². The second kappa shape index (κ2) is 6.69. The molecule has 25 heavy (non-hydrogen) atoms. The molecule has 1 aromatic heterocycles. The number of nitrogens with two attached hydrogens (primary N) is 1. The molecule has 2 fully saturated rings. The van der Waals surface area contributed by atoms with Gasteiger partial charge in [0, 0.05) is 12.6 Å². The van der Waals surface area contributed by atoms with Crippen molar-refractivity contribution in [3.05, 3.63) is 11.5 Å². The van der Waals surface area contributed by atoms with Gasteiger partial charge in [-0.2, -0.15) is 4.72 Å². The molecule has 9 heteroatoms. The Bertz CT molecular complexity index is 729. The summed E-state index contributed by atoms with van der Waals surface area (Å²) >= 11 is 0. The minimum absolute atomic E-state index is 0.0177. The van der Waals surface area contributed by atoms with E-state index in [0.717, 1.165) is 25.7 Å².